The Morgan fingerprint density at radius 2 is 1.92 bits per heavy atom. The van der Waals surface area contributed by atoms with Crippen molar-refractivity contribution in [3.05, 3.63) is 35.6 Å². The molecule has 2 aliphatic rings. The number of hydrogen-bond donors (Lipinski definition) is 1. The van der Waals surface area contributed by atoms with Crippen LogP contribution in [0, 0.1) is 5.82 Å². The molecule has 1 aromatic carbocycles. The number of nitrogens with zero attached hydrogens (tertiary/aromatic N) is 2. The van der Waals surface area contributed by atoms with Crippen molar-refractivity contribution in [3.8, 4) is 0 Å². The normalized spacial score (nSPS) is 27.0. The van der Waals surface area contributed by atoms with Crippen LogP contribution in [0.4, 0.5) is 4.39 Å². The number of amides is 1. The number of carbonyl (C=O) groups excluding carboxylic acids is 1. The minimum atomic E-state index is -0.443. The van der Waals surface area contributed by atoms with E-state index in [1.807, 2.05) is 11.0 Å². The van der Waals surface area contributed by atoms with E-state index in [0.29, 0.717) is 39.4 Å². The summed E-state index contributed by atoms with van der Waals surface area (Å²) in [4.78, 5) is 17.3. The molecule has 1 N–H and O–H groups in total. The third-order valence-corrected chi connectivity index (χ3v) is 4.68. The van der Waals surface area contributed by atoms with Crippen LogP contribution >= 0.6 is 0 Å². The van der Waals surface area contributed by atoms with Gasteiger partial charge < -0.3 is 15.0 Å². The number of carbonyl (C=O) groups is 1. The molecule has 5 nitrogen and oxygen atoms in total. The van der Waals surface area contributed by atoms with Crippen LogP contribution in [0.3, 0.4) is 0 Å². The zero-order valence-electron chi connectivity index (χ0n) is 14.4. The highest BCUT2D eigenvalue weighted by molar-refractivity contribution is 5.83. The summed E-state index contributed by atoms with van der Waals surface area (Å²) >= 11 is 0. The van der Waals surface area contributed by atoms with Crippen molar-refractivity contribution in [1.82, 2.24) is 15.1 Å². The lowest BCUT2D eigenvalue weighted by Gasteiger charge is -2.41. The molecule has 1 amide bonds. The second-order valence-corrected chi connectivity index (χ2v) is 6.82. The average molecular weight is 335 g/mol. The summed E-state index contributed by atoms with van der Waals surface area (Å²) in [5.41, 5.74) is 0.723. The van der Waals surface area contributed by atoms with Gasteiger partial charge in [-0.1, -0.05) is 12.1 Å². The summed E-state index contributed by atoms with van der Waals surface area (Å²) in [6, 6.07) is 6.49. The van der Waals surface area contributed by atoms with Gasteiger partial charge in [0.25, 0.3) is 0 Å². The van der Waals surface area contributed by atoms with Gasteiger partial charge >= 0.3 is 0 Å². The molecule has 2 fully saturated rings. The highest BCUT2D eigenvalue weighted by Crippen LogP contribution is 2.26. The van der Waals surface area contributed by atoms with E-state index in [1.54, 1.807) is 6.07 Å². The molecule has 0 bridgehead atoms. The van der Waals surface area contributed by atoms with Crippen molar-refractivity contribution in [2.75, 3.05) is 39.4 Å². The van der Waals surface area contributed by atoms with Gasteiger partial charge in [0.15, 0.2) is 0 Å². The first kappa shape index (κ1) is 17.3. The topological polar surface area (TPSA) is 44.8 Å². The second-order valence-electron chi connectivity index (χ2n) is 6.82. The molecule has 3 unspecified atom stereocenters. The maximum Gasteiger partial charge on any atom is 0.244 e. The largest absolute Gasteiger partial charge is 0.379 e. The fraction of sp³-hybridized carbons (Fsp3) is 0.611. The molecular formula is C18H26FN3O2. The fourth-order valence-electron chi connectivity index (χ4n) is 3.70. The predicted octanol–water partition coefficient (Wildman–Crippen LogP) is 1.41. The zero-order valence-corrected chi connectivity index (χ0v) is 14.4. The van der Waals surface area contributed by atoms with Gasteiger partial charge in [-0.25, -0.2) is 4.39 Å². The van der Waals surface area contributed by atoms with E-state index in [2.05, 4.69) is 24.1 Å². The van der Waals surface area contributed by atoms with Crippen molar-refractivity contribution >= 4 is 5.91 Å². The number of morpholine rings is 1. The Labute approximate surface area is 142 Å². The molecule has 3 rings (SSSR count). The standard InChI is InChI=1S/C18H26FN3O2/c1-13-11-22(12-14(2)20-13)18(23)17(21-6-8-24-9-7-21)15-4-3-5-16(19)10-15/h3-5,10,13-14,17,20H,6-9,11-12H2,1-2H3. The average Bonchev–Trinajstić information content (AvgIpc) is 2.55. The van der Waals surface area contributed by atoms with Crippen LogP contribution in [0.1, 0.15) is 25.5 Å². The van der Waals surface area contributed by atoms with E-state index in [0.717, 1.165) is 5.56 Å². The third-order valence-electron chi connectivity index (χ3n) is 4.68. The maximum atomic E-state index is 13.7. The minimum absolute atomic E-state index is 0.0581. The first-order chi connectivity index (χ1) is 11.5. The highest BCUT2D eigenvalue weighted by atomic mass is 19.1. The van der Waals surface area contributed by atoms with Crippen LogP contribution in [0.25, 0.3) is 0 Å². The minimum Gasteiger partial charge on any atom is -0.379 e. The van der Waals surface area contributed by atoms with Crippen molar-refractivity contribution in [3.63, 3.8) is 0 Å². The molecule has 2 saturated heterocycles. The summed E-state index contributed by atoms with van der Waals surface area (Å²) < 4.78 is 19.2. The van der Waals surface area contributed by atoms with Crippen molar-refractivity contribution in [2.45, 2.75) is 32.0 Å². The number of nitrogens with one attached hydrogen (secondary N) is 1. The van der Waals surface area contributed by atoms with Crippen molar-refractivity contribution in [1.29, 1.82) is 0 Å². The van der Waals surface area contributed by atoms with Gasteiger partial charge in [0.2, 0.25) is 5.91 Å². The molecule has 1 aromatic rings. The first-order valence-corrected chi connectivity index (χ1v) is 8.66. The summed E-state index contributed by atoms with van der Waals surface area (Å²) in [7, 11) is 0. The van der Waals surface area contributed by atoms with Crippen molar-refractivity contribution < 1.29 is 13.9 Å². The lowest BCUT2D eigenvalue weighted by molar-refractivity contribution is -0.141. The molecule has 0 aliphatic carbocycles. The summed E-state index contributed by atoms with van der Waals surface area (Å²) in [6.45, 7) is 8.11. The van der Waals surface area contributed by atoms with Gasteiger partial charge in [-0.05, 0) is 31.5 Å². The number of ether oxygens (including phenoxy) is 1. The van der Waals surface area contributed by atoms with Crippen LogP contribution in [0.2, 0.25) is 0 Å². The van der Waals surface area contributed by atoms with Crippen LogP contribution in [0.15, 0.2) is 24.3 Å². The molecule has 6 heteroatoms. The zero-order chi connectivity index (χ0) is 17.1. The molecule has 3 atom stereocenters. The molecule has 0 spiro atoms. The third kappa shape index (κ3) is 3.94. The van der Waals surface area contributed by atoms with E-state index in [-0.39, 0.29) is 23.8 Å². The van der Waals surface area contributed by atoms with Gasteiger partial charge in [-0.3, -0.25) is 9.69 Å². The number of benzene rings is 1. The smallest absolute Gasteiger partial charge is 0.244 e. The quantitative estimate of drug-likeness (QED) is 0.907. The molecule has 24 heavy (non-hydrogen) atoms. The summed E-state index contributed by atoms with van der Waals surface area (Å²) in [6.07, 6.45) is 0. The number of hydrogen-bond acceptors (Lipinski definition) is 4. The summed E-state index contributed by atoms with van der Waals surface area (Å²) in [5, 5.41) is 3.44. The summed E-state index contributed by atoms with van der Waals surface area (Å²) in [5.74, 6) is -0.247. The van der Waals surface area contributed by atoms with Gasteiger partial charge in [-0.15, -0.1) is 0 Å². The van der Waals surface area contributed by atoms with E-state index < -0.39 is 6.04 Å². The first-order valence-electron chi connectivity index (χ1n) is 8.66. The predicted molar refractivity (Wildman–Crippen MR) is 90.2 cm³/mol. The highest BCUT2D eigenvalue weighted by Gasteiger charge is 2.35. The fourth-order valence-corrected chi connectivity index (χ4v) is 3.70. The van der Waals surface area contributed by atoms with E-state index in [9.17, 15) is 9.18 Å². The van der Waals surface area contributed by atoms with Gasteiger partial charge in [0.05, 0.1) is 13.2 Å². The molecular weight excluding hydrogens is 309 g/mol. The maximum absolute atomic E-state index is 13.7. The molecule has 2 aliphatic heterocycles. The molecule has 132 valence electrons. The van der Waals surface area contributed by atoms with Gasteiger partial charge in [-0.2, -0.15) is 0 Å². The van der Waals surface area contributed by atoms with Gasteiger partial charge in [0, 0.05) is 38.3 Å². The Hall–Kier alpha value is -1.50. The number of halogens is 1. The lowest BCUT2D eigenvalue weighted by Crippen LogP contribution is -2.58. The monoisotopic (exact) mass is 335 g/mol. The van der Waals surface area contributed by atoms with Crippen LogP contribution in [-0.2, 0) is 9.53 Å². The Morgan fingerprint density at radius 1 is 1.25 bits per heavy atom. The molecule has 0 radical (unpaired) electrons. The Kier molecular flexibility index (Phi) is 5.48. The number of rotatable bonds is 3. The Morgan fingerprint density at radius 3 is 2.54 bits per heavy atom. The Balaban J connectivity index is 1.87. The van der Waals surface area contributed by atoms with Crippen LogP contribution in [0.5, 0.6) is 0 Å². The van der Waals surface area contributed by atoms with Gasteiger partial charge in [0.1, 0.15) is 11.9 Å². The van der Waals surface area contributed by atoms with E-state index in [4.69, 9.17) is 4.74 Å². The van der Waals surface area contributed by atoms with Crippen molar-refractivity contribution in [2.24, 2.45) is 0 Å². The van der Waals surface area contributed by atoms with E-state index >= 15 is 0 Å². The van der Waals surface area contributed by atoms with Crippen LogP contribution < -0.4 is 5.32 Å². The second kappa shape index (κ2) is 7.59. The number of piperazine rings is 1. The molecule has 0 aromatic heterocycles. The Bertz CT molecular complexity index is 567. The SMILES string of the molecule is CC1CN(C(=O)C(c2cccc(F)c2)N2CCOCC2)CC(C)N1. The van der Waals surface area contributed by atoms with E-state index in [1.165, 1.54) is 12.1 Å². The molecule has 0 saturated carbocycles. The molecule has 2 heterocycles. The van der Waals surface area contributed by atoms with Crippen LogP contribution in [-0.4, -0.2) is 67.2 Å². The lowest BCUT2D eigenvalue weighted by atomic mass is 10.0.